The number of benzene rings is 1. The standard InChI is InChI=1S/C19H25BrN4O3/c1-11(21)17(25)23-15-7-5-14-6-8-16(24(14)19(15)27)18(26)22-10-12-3-2-4-13(20)9-12/h2-4,9,11,14-16H,5-8,10,21H2,1H3,(H,22,26)(H,23,25)/t11-,14?,15-,16-/m0/s1. The van der Waals surface area contributed by atoms with Gasteiger partial charge in [-0.15, -0.1) is 0 Å². The lowest BCUT2D eigenvalue weighted by molar-refractivity contribution is -0.146. The van der Waals surface area contributed by atoms with Gasteiger partial charge in [0, 0.05) is 17.1 Å². The van der Waals surface area contributed by atoms with Crippen molar-refractivity contribution in [1.82, 2.24) is 15.5 Å². The van der Waals surface area contributed by atoms with Gasteiger partial charge in [0.1, 0.15) is 12.1 Å². The second-order valence-corrected chi connectivity index (χ2v) is 8.18. The van der Waals surface area contributed by atoms with Crippen molar-refractivity contribution in [3.8, 4) is 0 Å². The van der Waals surface area contributed by atoms with E-state index in [1.165, 1.54) is 0 Å². The molecule has 0 bridgehead atoms. The number of hydrogen-bond donors (Lipinski definition) is 3. The van der Waals surface area contributed by atoms with Crippen molar-refractivity contribution < 1.29 is 14.4 Å². The van der Waals surface area contributed by atoms with Crippen molar-refractivity contribution in [1.29, 1.82) is 0 Å². The Kier molecular flexibility index (Phi) is 6.16. The molecule has 27 heavy (non-hydrogen) atoms. The maximum atomic E-state index is 12.9. The van der Waals surface area contributed by atoms with E-state index in [4.69, 9.17) is 5.73 Å². The number of nitrogens with two attached hydrogens (primary N) is 1. The average molecular weight is 437 g/mol. The quantitative estimate of drug-likeness (QED) is 0.641. The number of amides is 3. The molecule has 1 aromatic rings. The molecule has 3 amide bonds. The summed E-state index contributed by atoms with van der Waals surface area (Å²) in [5.41, 5.74) is 6.57. The van der Waals surface area contributed by atoms with E-state index in [0.717, 1.165) is 22.9 Å². The van der Waals surface area contributed by atoms with Crippen molar-refractivity contribution in [3.05, 3.63) is 34.3 Å². The molecule has 7 nitrogen and oxygen atoms in total. The van der Waals surface area contributed by atoms with Crippen LogP contribution in [0.25, 0.3) is 0 Å². The fraction of sp³-hybridized carbons (Fsp3) is 0.526. The van der Waals surface area contributed by atoms with Gasteiger partial charge in [0.05, 0.1) is 6.04 Å². The molecule has 146 valence electrons. The smallest absolute Gasteiger partial charge is 0.246 e. The molecule has 1 unspecified atom stereocenters. The molecule has 2 saturated heterocycles. The van der Waals surface area contributed by atoms with Crippen molar-refractivity contribution >= 4 is 33.7 Å². The molecule has 2 aliphatic rings. The lowest BCUT2D eigenvalue weighted by atomic mass is 9.97. The Morgan fingerprint density at radius 3 is 2.74 bits per heavy atom. The van der Waals surface area contributed by atoms with Crippen LogP contribution >= 0.6 is 15.9 Å². The molecule has 3 rings (SSSR count). The molecule has 0 saturated carbocycles. The van der Waals surface area contributed by atoms with Crippen LogP contribution in [-0.4, -0.2) is 46.8 Å². The van der Waals surface area contributed by atoms with Gasteiger partial charge in [-0.1, -0.05) is 28.1 Å². The highest BCUT2D eigenvalue weighted by atomic mass is 79.9. The minimum absolute atomic E-state index is 0.0718. The van der Waals surface area contributed by atoms with Gasteiger partial charge in [-0.25, -0.2) is 0 Å². The molecule has 2 aliphatic heterocycles. The summed E-state index contributed by atoms with van der Waals surface area (Å²) < 4.78 is 0.953. The van der Waals surface area contributed by atoms with Gasteiger partial charge in [-0.3, -0.25) is 14.4 Å². The number of piperidine rings is 1. The van der Waals surface area contributed by atoms with Gasteiger partial charge < -0.3 is 21.3 Å². The predicted octanol–water partition coefficient (Wildman–Crippen LogP) is 1.05. The van der Waals surface area contributed by atoms with Crippen LogP contribution in [0.1, 0.15) is 38.2 Å². The van der Waals surface area contributed by atoms with Gasteiger partial charge in [0.2, 0.25) is 17.7 Å². The first-order valence-corrected chi connectivity index (χ1v) is 10.1. The van der Waals surface area contributed by atoms with Gasteiger partial charge in [0.25, 0.3) is 0 Å². The van der Waals surface area contributed by atoms with E-state index in [2.05, 4.69) is 26.6 Å². The molecular weight excluding hydrogens is 412 g/mol. The van der Waals surface area contributed by atoms with Gasteiger partial charge in [-0.05, 0) is 50.3 Å². The van der Waals surface area contributed by atoms with Gasteiger partial charge >= 0.3 is 0 Å². The lowest BCUT2D eigenvalue weighted by Gasteiger charge is -2.38. The topological polar surface area (TPSA) is 105 Å². The maximum Gasteiger partial charge on any atom is 0.246 e. The highest BCUT2D eigenvalue weighted by Crippen LogP contribution is 2.32. The molecular formula is C19H25BrN4O3. The minimum Gasteiger partial charge on any atom is -0.350 e. The number of rotatable bonds is 5. The molecule has 2 fully saturated rings. The molecule has 4 N–H and O–H groups in total. The Bertz CT molecular complexity index is 739. The summed E-state index contributed by atoms with van der Waals surface area (Å²) in [6.07, 6.45) is 2.83. The first-order chi connectivity index (χ1) is 12.9. The number of fused-ring (bicyclic) bond motifs is 1. The van der Waals surface area contributed by atoms with E-state index in [0.29, 0.717) is 19.4 Å². The van der Waals surface area contributed by atoms with E-state index in [1.54, 1.807) is 11.8 Å². The third-order valence-corrected chi connectivity index (χ3v) is 5.73. The fourth-order valence-electron chi connectivity index (χ4n) is 3.81. The summed E-state index contributed by atoms with van der Waals surface area (Å²) in [5, 5.41) is 5.65. The molecule has 0 spiro atoms. The number of nitrogens with one attached hydrogen (secondary N) is 2. The highest BCUT2D eigenvalue weighted by Gasteiger charge is 2.46. The summed E-state index contributed by atoms with van der Waals surface area (Å²) in [7, 11) is 0. The van der Waals surface area contributed by atoms with E-state index < -0.39 is 18.1 Å². The number of carbonyl (C=O) groups is 3. The van der Waals surface area contributed by atoms with Crippen LogP contribution in [0, 0.1) is 0 Å². The average Bonchev–Trinajstić information content (AvgIpc) is 3.07. The van der Waals surface area contributed by atoms with Crippen LogP contribution in [0.5, 0.6) is 0 Å². The second kappa shape index (κ2) is 8.39. The predicted molar refractivity (Wildman–Crippen MR) is 104 cm³/mol. The zero-order valence-corrected chi connectivity index (χ0v) is 16.9. The zero-order valence-electron chi connectivity index (χ0n) is 15.3. The summed E-state index contributed by atoms with van der Waals surface area (Å²) in [6, 6.07) is 6.05. The molecule has 2 heterocycles. The summed E-state index contributed by atoms with van der Waals surface area (Å²) in [5.74, 6) is -0.674. The monoisotopic (exact) mass is 436 g/mol. The van der Waals surface area contributed by atoms with Crippen molar-refractivity contribution in [2.75, 3.05) is 0 Å². The van der Waals surface area contributed by atoms with Crippen LogP contribution in [0.15, 0.2) is 28.7 Å². The zero-order chi connectivity index (χ0) is 19.6. The third-order valence-electron chi connectivity index (χ3n) is 5.23. The minimum atomic E-state index is -0.668. The second-order valence-electron chi connectivity index (χ2n) is 7.27. The summed E-state index contributed by atoms with van der Waals surface area (Å²) in [6.45, 7) is 1.99. The van der Waals surface area contributed by atoms with Crippen LogP contribution in [0.4, 0.5) is 0 Å². The SMILES string of the molecule is C[C@H](N)C(=O)N[C@H]1CCC2CC[C@@H](C(=O)NCc3cccc(Br)c3)N2C1=O. The highest BCUT2D eigenvalue weighted by molar-refractivity contribution is 9.10. The van der Waals surface area contributed by atoms with Crippen LogP contribution < -0.4 is 16.4 Å². The molecule has 0 aromatic heterocycles. The van der Waals surface area contributed by atoms with Crippen LogP contribution in [-0.2, 0) is 20.9 Å². The Morgan fingerprint density at radius 2 is 2.04 bits per heavy atom. The van der Waals surface area contributed by atoms with Crippen molar-refractivity contribution in [2.45, 2.75) is 63.3 Å². The fourth-order valence-corrected chi connectivity index (χ4v) is 4.26. The maximum absolute atomic E-state index is 12.9. The largest absolute Gasteiger partial charge is 0.350 e. The van der Waals surface area contributed by atoms with Crippen LogP contribution in [0.3, 0.4) is 0 Å². The normalized spacial score (nSPS) is 25.7. The summed E-state index contributed by atoms with van der Waals surface area (Å²) >= 11 is 3.42. The number of halogens is 1. The van der Waals surface area contributed by atoms with Crippen molar-refractivity contribution in [2.24, 2.45) is 5.73 Å². The third kappa shape index (κ3) is 4.50. The number of nitrogens with zero attached hydrogens (tertiary/aromatic N) is 1. The van der Waals surface area contributed by atoms with Crippen LogP contribution in [0.2, 0.25) is 0 Å². The molecule has 1 aromatic carbocycles. The Balaban J connectivity index is 1.63. The first-order valence-electron chi connectivity index (χ1n) is 9.27. The number of carbonyl (C=O) groups excluding carboxylic acids is 3. The number of hydrogen-bond acceptors (Lipinski definition) is 4. The van der Waals surface area contributed by atoms with Gasteiger partial charge in [-0.2, -0.15) is 0 Å². The lowest BCUT2D eigenvalue weighted by Crippen LogP contribution is -2.59. The van der Waals surface area contributed by atoms with Gasteiger partial charge in [0.15, 0.2) is 0 Å². The van der Waals surface area contributed by atoms with E-state index in [-0.39, 0.29) is 23.8 Å². The Morgan fingerprint density at radius 1 is 1.30 bits per heavy atom. The molecule has 4 atom stereocenters. The van der Waals surface area contributed by atoms with Crippen molar-refractivity contribution in [3.63, 3.8) is 0 Å². The molecule has 0 radical (unpaired) electrons. The molecule has 0 aliphatic carbocycles. The molecule has 8 heteroatoms. The Labute approximate surface area is 167 Å². The van der Waals surface area contributed by atoms with E-state index >= 15 is 0 Å². The first kappa shape index (κ1) is 19.8. The summed E-state index contributed by atoms with van der Waals surface area (Å²) in [4.78, 5) is 39.1. The Hall–Kier alpha value is -1.93. The van der Waals surface area contributed by atoms with E-state index in [1.807, 2.05) is 24.3 Å². The van der Waals surface area contributed by atoms with E-state index in [9.17, 15) is 14.4 Å².